The van der Waals surface area contributed by atoms with Crippen molar-refractivity contribution in [3.8, 4) is 11.3 Å². The molecule has 0 radical (unpaired) electrons. The smallest absolute Gasteiger partial charge is 0.252 e. The Morgan fingerprint density at radius 1 is 1.23 bits per heavy atom. The third kappa shape index (κ3) is 5.29. The van der Waals surface area contributed by atoms with Gasteiger partial charge in [-0.1, -0.05) is 5.16 Å². The number of nitrogens with zero attached hydrogens (tertiary/aromatic N) is 4. The van der Waals surface area contributed by atoms with E-state index in [4.69, 9.17) is 14.0 Å². The highest BCUT2D eigenvalue weighted by molar-refractivity contribution is 5.62. The maximum absolute atomic E-state index is 13.2. The molecule has 0 aliphatic carbocycles. The second-order valence-corrected chi connectivity index (χ2v) is 7.41. The van der Waals surface area contributed by atoms with E-state index in [2.05, 4.69) is 25.2 Å². The van der Waals surface area contributed by atoms with Crippen LogP contribution in [0.4, 0.5) is 4.39 Å². The van der Waals surface area contributed by atoms with Crippen LogP contribution in [0.15, 0.2) is 35.0 Å². The highest BCUT2D eigenvalue weighted by Crippen LogP contribution is 2.24. The van der Waals surface area contributed by atoms with Gasteiger partial charge in [0, 0.05) is 44.3 Å². The quantitative estimate of drug-likeness (QED) is 0.575. The van der Waals surface area contributed by atoms with Crippen LogP contribution in [-0.4, -0.2) is 58.1 Å². The molecule has 1 fully saturated rings. The standard InChI is InChI=1S/C21H26FN5O3/c1-28-14-20-24-19(26-30-20)8-11-29-18-6-9-27(10-7-18)13-16-12-23-25-21(16)15-2-4-17(22)5-3-15/h2-5,12,18H,6-11,13-14H2,1H3,(H,23,25). The number of aromatic nitrogens is 4. The summed E-state index contributed by atoms with van der Waals surface area (Å²) >= 11 is 0. The summed E-state index contributed by atoms with van der Waals surface area (Å²) in [5, 5.41) is 11.2. The minimum atomic E-state index is -0.239. The Bertz CT molecular complexity index is 919. The first-order valence-electron chi connectivity index (χ1n) is 10.1. The molecule has 9 heteroatoms. The fourth-order valence-corrected chi connectivity index (χ4v) is 3.66. The van der Waals surface area contributed by atoms with Gasteiger partial charge in [0.15, 0.2) is 5.82 Å². The van der Waals surface area contributed by atoms with Crippen LogP contribution in [0, 0.1) is 5.82 Å². The highest BCUT2D eigenvalue weighted by atomic mass is 19.1. The molecule has 0 bridgehead atoms. The van der Waals surface area contributed by atoms with E-state index in [1.54, 1.807) is 19.2 Å². The first-order chi connectivity index (χ1) is 14.7. The summed E-state index contributed by atoms with van der Waals surface area (Å²) in [6.07, 6.45) is 4.68. The van der Waals surface area contributed by atoms with E-state index in [0.29, 0.717) is 31.3 Å². The summed E-state index contributed by atoms with van der Waals surface area (Å²) in [5.74, 6) is 0.893. The molecule has 0 spiro atoms. The van der Waals surface area contributed by atoms with Gasteiger partial charge >= 0.3 is 0 Å². The summed E-state index contributed by atoms with van der Waals surface area (Å²) in [6.45, 7) is 3.62. The van der Waals surface area contributed by atoms with Gasteiger partial charge in [-0.15, -0.1) is 0 Å². The molecule has 8 nitrogen and oxygen atoms in total. The molecule has 4 rings (SSSR count). The largest absolute Gasteiger partial charge is 0.378 e. The molecule has 0 saturated carbocycles. The van der Waals surface area contributed by atoms with Crippen LogP contribution < -0.4 is 0 Å². The van der Waals surface area contributed by atoms with Crippen LogP contribution in [0.25, 0.3) is 11.3 Å². The van der Waals surface area contributed by atoms with Gasteiger partial charge in [0.25, 0.3) is 5.89 Å². The van der Waals surface area contributed by atoms with E-state index in [9.17, 15) is 4.39 Å². The van der Waals surface area contributed by atoms with Crippen molar-refractivity contribution in [2.45, 2.75) is 38.5 Å². The SMILES string of the molecule is COCc1nc(CCOC2CCN(Cc3cn[nH]c3-c3ccc(F)cc3)CC2)no1. The maximum Gasteiger partial charge on any atom is 0.252 e. The number of halogens is 1. The molecule has 0 amide bonds. The van der Waals surface area contributed by atoms with E-state index < -0.39 is 0 Å². The Kier molecular flexibility index (Phi) is 6.83. The monoisotopic (exact) mass is 415 g/mol. The van der Waals surface area contributed by atoms with Gasteiger partial charge in [0.05, 0.1) is 24.6 Å². The normalized spacial score (nSPS) is 15.7. The zero-order valence-electron chi connectivity index (χ0n) is 17.0. The molecule has 1 aliphatic rings. The lowest BCUT2D eigenvalue weighted by Gasteiger charge is -2.31. The van der Waals surface area contributed by atoms with Crippen molar-refractivity contribution in [2.24, 2.45) is 0 Å². The van der Waals surface area contributed by atoms with Crippen molar-refractivity contribution in [3.63, 3.8) is 0 Å². The van der Waals surface area contributed by atoms with Gasteiger partial charge in [-0.3, -0.25) is 10.00 Å². The molecule has 1 N–H and O–H groups in total. The molecule has 0 atom stereocenters. The number of likely N-dealkylation sites (tertiary alicyclic amines) is 1. The van der Waals surface area contributed by atoms with Gasteiger partial charge in [-0.25, -0.2) is 4.39 Å². The molecule has 30 heavy (non-hydrogen) atoms. The third-order valence-electron chi connectivity index (χ3n) is 5.24. The summed E-state index contributed by atoms with van der Waals surface area (Å²) in [7, 11) is 1.59. The number of hydrogen-bond acceptors (Lipinski definition) is 7. The first kappa shape index (κ1) is 20.6. The fourth-order valence-electron chi connectivity index (χ4n) is 3.66. The number of benzene rings is 1. The molecule has 1 aromatic carbocycles. The molecular formula is C21H26FN5O3. The first-order valence-corrected chi connectivity index (χ1v) is 10.1. The Labute approximate surface area is 174 Å². The average Bonchev–Trinajstić information content (AvgIpc) is 3.40. The predicted octanol–water partition coefficient (Wildman–Crippen LogP) is 2.97. The summed E-state index contributed by atoms with van der Waals surface area (Å²) < 4.78 is 29.3. The summed E-state index contributed by atoms with van der Waals surface area (Å²) in [6, 6.07) is 6.48. The molecule has 1 aliphatic heterocycles. The number of hydrogen-bond donors (Lipinski definition) is 1. The number of H-pyrrole nitrogens is 1. The van der Waals surface area contributed by atoms with E-state index >= 15 is 0 Å². The Morgan fingerprint density at radius 3 is 2.80 bits per heavy atom. The third-order valence-corrected chi connectivity index (χ3v) is 5.24. The molecule has 0 unspecified atom stereocenters. The van der Waals surface area contributed by atoms with E-state index in [0.717, 1.165) is 49.3 Å². The lowest BCUT2D eigenvalue weighted by molar-refractivity contribution is 0.00679. The molecular weight excluding hydrogens is 389 g/mol. The van der Waals surface area contributed by atoms with Crippen molar-refractivity contribution in [1.82, 2.24) is 25.2 Å². The molecule has 2 aromatic heterocycles. The van der Waals surface area contributed by atoms with Crippen molar-refractivity contribution in [1.29, 1.82) is 0 Å². The number of piperidine rings is 1. The van der Waals surface area contributed by atoms with Crippen molar-refractivity contribution in [2.75, 3.05) is 26.8 Å². The Hall–Kier alpha value is -2.62. The van der Waals surface area contributed by atoms with Crippen molar-refractivity contribution in [3.05, 3.63) is 53.6 Å². The van der Waals surface area contributed by atoms with Crippen LogP contribution in [0.1, 0.15) is 30.1 Å². The number of nitrogens with one attached hydrogen (secondary N) is 1. The summed E-state index contributed by atoms with van der Waals surface area (Å²) in [4.78, 5) is 6.65. The number of methoxy groups -OCH3 is 1. The molecule has 3 heterocycles. The van der Waals surface area contributed by atoms with Crippen LogP contribution in [-0.2, 0) is 29.0 Å². The second kappa shape index (κ2) is 9.92. The number of aromatic amines is 1. The summed E-state index contributed by atoms with van der Waals surface area (Å²) in [5.41, 5.74) is 3.00. The Balaban J connectivity index is 1.21. The fraction of sp³-hybridized carbons (Fsp3) is 0.476. The van der Waals surface area contributed by atoms with Crippen molar-refractivity contribution < 1.29 is 18.4 Å². The Morgan fingerprint density at radius 2 is 2.03 bits per heavy atom. The average molecular weight is 415 g/mol. The van der Waals surface area contributed by atoms with Crippen LogP contribution >= 0.6 is 0 Å². The second-order valence-electron chi connectivity index (χ2n) is 7.41. The van der Waals surface area contributed by atoms with E-state index in [1.165, 1.54) is 12.1 Å². The van der Waals surface area contributed by atoms with Gasteiger partial charge in [0.2, 0.25) is 0 Å². The minimum absolute atomic E-state index is 0.239. The van der Waals surface area contributed by atoms with Crippen LogP contribution in [0.2, 0.25) is 0 Å². The van der Waals surface area contributed by atoms with Gasteiger partial charge in [-0.05, 0) is 37.1 Å². The van der Waals surface area contributed by atoms with Crippen LogP contribution in [0.3, 0.4) is 0 Å². The van der Waals surface area contributed by atoms with Gasteiger partial charge < -0.3 is 14.0 Å². The zero-order chi connectivity index (χ0) is 20.8. The minimum Gasteiger partial charge on any atom is -0.378 e. The highest BCUT2D eigenvalue weighted by Gasteiger charge is 2.21. The topological polar surface area (TPSA) is 89.3 Å². The predicted molar refractivity (Wildman–Crippen MR) is 107 cm³/mol. The van der Waals surface area contributed by atoms with Gasteiger partial charge in [0.1, 0.15) is 12.4 Å². The van der Waals surface area contributed by atoms with Crippen LogP contribution in [0.5, 0.6) is 0 Å². The number of ether oxygens (including phenoxy) is 2. The lowest BCUT2D eigenvalue weighted by atomic mass is 10.0. The van der Waals surface area contributed by atoms with Gasteiger partial charge in [-0.2, -0.15) is 10.1 Å². The maximum atomic E-state index is 13.2. The molecule has 3 aromatic rings. The number of rotatable bonds is 9. The lowest BCUT2D eigenvalue weighted by Crippen LogP contribution is -2.36. The van der Waals surface area contributed by atoms with Crippen molar-refractivity contribution >= 4 is 0 Å². The molecule has 160 valence electrons. The molecule has 1 saturated heterocycles. The zero-order valence-corrected chi connectivity index (χ0v) is 17.0. The van der Waals surface area contributed by atoms with E-state index in [-0.39, 0.29) is 11.9 Å². The van der Waals surface area contributed by atoms with E-state index in [1.807, 2.05) is 6.20 Å².